The van der Waals surface area contributed by atoms with Crippen molar-refractivity contribution in [2.75, 3.05) is 38.0 Å². The van der Waals surface area contributed by atoms with Crippen LogP contribution in [0, 0.1) is 6.92 Å². The normalized spacial score (nSPS) is 14.5. The molecule has 1 aromatic heterocycles. The van der Waals surface area contributed by atoms with Gasteiger partial charge in [-0.05, 0) is 69.3 Å². The summed E-state index contributed by atoms with van der Waals surface area (Å²) in [4.78, 5) is 13.0. The van der Waals surface area contributed by atoms with Crippen molar-refractivity contribution in [3.63, 3.8) is 0 Å². The molecule has 0 bridgehead atoms. The molecule has 0 radical (unpaired) electrons. The van der Waals surface area contributed by atoms with Gasteiger partial charge in [-0.1, -0.05) is 18.2 Å². The quantitative estimate of drug-likeness (QED) is 0.358. The molecular weight excluding hydrogens is 418 g/mol. The van der Waals surface area contributed by atoms with Crippen molar-refractivity contribution in [3.8, 4) is 11.5 Å². The van der Waals surface area contributed by atoms with Crippen LogP contribution in [0.4, 0.5) is 5.69 Å². The minimum Gasteiger partial charge on any atom is -0.457 e. The van der Waals surface area contributed by atoms with E-state index in [-0.39, 0.29) is 0 Å². The van der Waals surface area contributed by atoms with Gasteiger partial charge in [0.25, 0.3) is 0 Å². The highest BCUT2D eigenvalue weighted by molar-refractivity contribution is 7.09. The first-order valence-corrected chi connectivity index (χ1v) is 12.1. The van der Waals surface area contributed by atoms with E-state index < -0.39 is 0 Å². The Bertz CT molecular complexity index is 981. The maximum Gasteiger partial charge on any atom is 0.195 e. The molecule has 6 nitrogen and oxygen atoms in total. The van der Waals surface area contributed by atoms with E-state index in [4.69, 9.17) is 9.73 Å². The monoisotopic (exact) mass is 449 g/mol. The van der Waals surface area contributed by atoms with Crippen molar-refractivity contribution in [3.05, 3.63) is 70.7 Å². The molecule has 3 aromatic rings. The Balaban J connectivity index is 1.35. The van der Waals surface area contributed by atoms with Gasteiger partial charge < -0.3 is 20.3 Å². The smallest absolute Gasteiger partial charge is 0.195 e. The standard InChI is InChI=1S/C25H31N5OS/c1-20-24(32-19-28-20)13-14-26-25(27-15-18-30-16-5-6-17-30)29-21-9-11-23(12-10-21)31-22-7-3-2-4-8-22/h2-4,7-12,19H,5-6,13-18H2,1H3,(H2,26,27,29). The number of aliphatic imine (C=N–C) groups is 1. The minimum absolute atomic E-state index is 0.782. The van der Waals surface area contributed by atoms with Crippen LogP contribution in [0.2, 0.25) is 0 Å². The predicted octanol–water partition coefficient (Wildman–Crippen LogP) is 4.94. The van der Waals surface area contributed by atoms with E-state index in [1.807, 2.05) is 60.1 Å². The zero-order valence-electron chi connectivity index (χ0n) is 18.6. The SMILES string of the molecule is Cc1ncsc1CCNC(=NCCN1CCCC1)Nc1ccc(Oc2ccccc2)cc1. The number of aromatic nitrogens is 1. The van der Waals surface area contributed by atoms with Gasteiger partial charge in [0.1, 0.15) is 11.5 Å². The summed E-state index contributed by atoms with van der Waals surface area (Å²) in [5, 5.41) is 6.92. The highest BCUT2D eigenvalue weighted by Crippen LogP contribution is 2.22. The van der Waals surface area contributed by atoms with Crippen LogP contribution in [0.3, 0.4) is 0 Å². The van der Waals surface area contributed by atoms with Crippen molar-refractivity contribution in [2.24, 2.45) is 4.99 Å². The number of para-hydroxylation sites is 1. The van der Waals surface area contributed by atoms with Crippen LogP contribution in [-0.4, -0.2) is 48.6 Å². The van der Waals surface area contributed by atoms with Gasteiger partial charge in [0.05, 0.1) is 17.7 Å². The molecule has 0 amide bonds. The summed E-state index contributed by atoms with van der Waals surface area (Å²) in [5.41, 5.74) is 4.01. The number of hydrogen-bond acceptors (Lipinski definition) is 5. The number of thiazole rings is 1. The molecule has 0 unspecified atom stereocenters. The Kier molecular flexibility index (Phi) is 8.11. The van der Waals surface area contributed by atoms with Gasteiger partial charge in [0, 0.05) is 30.1 Å². The molecule has 0 aliphatic carbocycles. The van der Waals surface area contributed by atoms with Crippen molar-refractivity contribution in [2.45, 2.75) is 26.2 Å². The van der Waals surface area contributed by atoms with Gasteiger partial charge in [-0.25, -0.2) is 4.98 Å². The van der Waals surface area contributed by atoms with Crippen molar-refractivity contribution < 1.29 is 4.74 Å². The Labute approximate surface area is 194 Å². The first-order chi connectivity index (χ1) is 15.8. The number of guanidine groups is 1. The maximum atomic E-state index is 5.89. The Morgan fingerprint density at radius 2 is 1.81 bits per heavy atom. The number of hydrogen-bond donors (Lipinski definition) is 2. The average Bonchev–Trinajstić information content (AvgIpc) is 3.48. The number of ether oxygens (including phenoxy) is 1. The van der Waals surface area contributed by atoms with E-state index in [1.54, 1.807) is 11.3 Å². The minimum atomic E-state index is 0.782. The first-order valence-electron chi connectivity index (χ1n) is 11.3. The third kappa shape index (κ3) is 6.80. The molecule has 0 atom stereocenters. The molecule has 2 aromatic carbocycles. The molecule has 0 saturated carbocycles. The number of nitrogens with zero attached hydrogens (tertiary/aromatic N) is 3. The fourth-order valence-electron chi connectivity index (χ4n) is 3.68. The van der Waals surface area contributed by atoms with Crippen LogP contribution < -0.4 is 15.4 Å². The van der Waals surface area contributed by atoms with E-state index in [0.29, 0.717) is 0 Å². The van der Waals surface area contributed by atoms with Crippen LogP contribution in [-0.2, 0) is 6.42 Å². The fraction of sp³-hybridized carbons (Fsp3) is 0.360. The third-order valence-electron chi connectivity index (χ3n) is 5.47. The summed E-state index contributed by atoms with van der Waals surface area (Å²) >= 11 is 1.71. The third-order valence-corrected chi connectivity index (χ3v) is 6.47. The lowest BCUT2D eigenvalue weighted by molar-refractivity contribution is 0.349. The number of nitrogens with one attached hydrogen (secondary N) is 2. The molecule has 0 spiro atoms. The predicted molar refractivity (Wildman–Crippen MR) is 133 cm³/mol. The van der Waals surface area contributed by atoms with Crippen LogP contribution in [0.1, 0.15) is 23.4 Å². The summed E-state index contributed by atoms with van der Waals surface area (Å²) in [6, 6.07) is 17.8. The number of aryl methyl sites for hydroxylation is 1. The van der Waals surface area contributed by atoms with Gasteiger partial charge in [-0.3, -0.25) is 4.99 Å². The lowest BCUT2D eigenvalue weighted by Crippen LogP contribution is -2.33. The zero-order valence-corrected chi connectivity index (χ0v) is 19.4. The van der Waals surface area contributed by atoms with Gasteiger partial charge >= 0.3 is 0 Å². The van der Waals surface area contributed by atoms with Crippen LogP contribution in [0.15, 0.2) is 65.1 Å². The van der Waals surface area contributed by atoms with E-state index in [9.17, 15) is 0 Å². The molecule has 1 saturated heterocycles. The van der Waals surface area contributed by atoms with Gasteiger partial charge in [0.15, 0.2) is 5.96 Å². The van der Waals surface area contributed by atoms with Gasteiger partial charge in [0.2, 0.25) is 0 Å². The molecule has 1 aliphatic rings. The summed E-state index contributed by atoms with van der Waals surface area (Å²) < 4.78 is 5.89. The van der Waals surface area contributed by atoms with Crippen LogP contribution >= 0.6 is 11.3 Å². The topological polar surface area (TPSA) is 61.8 Å². The molecule has 2 N–H and O–H groups in total. The lowest BCUT2D eigenvalue weighted by atomic mass is 10.3. The fourth-order valence-corrected chi connectivity index (χ4v) is 4.46. The number of likely N-dealkylation sites (tertiary alicyclic amines) is 1. The average molecular weight is 450 g/mol. The second-order valence-corrected chi connectivity index (χ2v) is 8.82. The molecule has 1 aliphatic heterocycles. The highest BCUT2D eigenvalue weighted by Gasteiger charge is 2.10. The molecule has 2 heterocycles. The summed E-state index contributed by atoms with van der Waals surface area (Å²) in [7, 11) is 0. The second-order valence-electron chi connectivity index (χ2n) is 7.88. The van der Waals surface area contributed by atoms with E-state index in [1.165, 1.54) is 30.8 Å². The Morgan fingerprint density at radius 1 is 1.06 bits per heavy atom. The molecule has 7 heteroatoms. The zero-order chi connectivity index (χ0) is 22.0. The molecule has 168 valence electrons. The van der Waals surface area contributed by atoms with Crippen molar-refractivity contribution in [1.82, 2.24) is 15.2 Å². The van der Waals surface area contributed by atoms with E-state index in [2.05, 4.69) is 27.4 Å². The largest absolute Gasteiger partial charge is 0.457 e. The van der Waals surface area contributed by atoms with Gasteiger partial charge in [-0.15, -0.1) is 11.3 Å². The number of rotatable bonds is 9. The summed E-state index contributed by atoms with van der Waals surface area (Å²) in [6.07, 6.45) is 3.55. The highest BCUT2D eigenvalue weighted by atomic mass is 32.1. The molecule has 4 rings (SSSR count). The lowest BCUT2D eigenvalue weighted by Gasteiger charge is -2.15. The maximum absolute atomic E-state index is 5.89. The number of anilines is 1. The molecule has 32 heavy (non-hydrogen) atoms. The van der Waals surface area contributed by atoms with Crippen LogP contribution in [0.25, 0.3) is 0 Å². The molecular formula is C25H31N5OS. The van der Waals surface area contributed by atoms with E-state index >= 15 is 0 Å². The summed E-state index contributed by atoms with van der Waals surface area (Å²) in [6.45, 7) is 7.05. The summed E-state index contributed by atoms with van der Waals surface area (Å²) in [5.74, 6) is 2.45. The second kappa shape index (κ2) is 11.6. The Morgan fingerprint density at radius 3 is 2.53 bits per heavy atom. The van der Waals surface area contributed by atoms with E-state index in [0.717, 1.165) is 54.9 Å². The molecule has 1 fully saturated rings. The van der Waals surface area contributed by atoms with Crippen LogP contribution in [0.5, 0.6) is 11.5 Å². The Hall–Kier alpha value is -2.90. The first kappa shape index (κ1) is 22.3. The van der Waals surface area contributed by atoms with Gasteiger partial charge in [-0.2, -0.15) is 0 Å². The van der Waals surface area contributed by atoms with Crippen molar-refractivity contribution in [1.29, 1.82) is 0 Å². The van der Waals surface area contributed by atoms with Crippen molar-refractivity contribution >= 4 is 23.0 Å². The number of benzene rings is 2.